The van der Waals surface area contributed by atoms with E-state index in [1.54, 1.807) is 23.1 Å². The van der Waals surface area contributed by atoms with Gasteiger partial charge in [-0.3, -0.25) is 9.59 Å². The van der Waals surface area contributed by atoms with Gasteiger partial charge in [0.25, 0.3) is 5.91 Å². The van der Waals surface area contributed by atoms with Crippen LogP contribution in [0.4, 0.5) is 4.39 Å². The second kappa shape index (κ2) is 9.74. The van der Waals surface area contributed by atoms with E-state index >= 15 is 0 Å². The van der Waals surface area contributed by atoms with Gasteiger partial charge in [-0.25, -0.2) is 9.37 Å². The highest BCUT2D eigenvalue weighted by molar-refractivity contribution is 7.09. The van der Waals surface area contributed by atoms with Crippen molar-refractivity contribution in [3.8, 4) is 5.75 Å². The highest BCUT2D eigenvalue weighted by Crippen LogP contribution is 2.17. The van der Waals surface area contributed by atoms with E-state index in [-0.39, 0.29) is 36.7 Å². The van der Waals surface area contributed by atoms with Crippen molar-refractivity contribution in [1.29, 1.82) is 0 Å². The summed E-state index contributed by atoms with van der Waals surface area (Å²) < 4.78 is 23.5. The van der Waals surface area contributed by atoms with Crippen molar-refractivity contribution in [2.45, 2.75) is 31.9 Å². The van der Waals surface area contributed by atoms with Gasteiger partial charge in [0, 0.05) is 24.5 Å². The van der Waals surface area contributed by atoms with Gasteiger partial charge in [-0.1, -0.05) is 0 Å². The minimum Gasteiger partial charge on any atom is -0.486 e. The lowest BCUT2D eigenvalue weighted by atomic mass is 10.0. The normalized spacial score (nSPS) is 14.4. The Morgan fingerprint density at radius 1 is 1.23 bits per heavy atom. The average molecular weight is 444 g/mol. The molecule has 0 spiro atoms. The third-order valence-corrected chi connectivity index (χ3v) is 5.90. The molecular weight excluding hydrogens is 421 g/mol. The first-order chi connectivity index (χ1) is 15.1. The smallest absolute Gasteiger partial charge is 0.257 e. The minimum atomic E-state index is -0.315. The molecule has 0 atom stereocenters. The molecule has 162 valence electrons. The van der Waals surface area contributed by atoms with Crippen LogP contribution in [0.15, 0.2) is 52.7 Å². The highest BCUT2D eigenvalue weighted by atomic mass is 32.1. The van der Waals surface area contributed by atoms with Crippen LogP contribution in [-0.2, 0) is 17.8 Å². The van der Waals surface area contributed by atoms with Crippen LogP contribution in [0.3, 0.4) is 0 Å². The first-order valence-electron chi connectivity index (χ1n) is 9.99. The second-order valence-corrected chi connectivity index (χ2v) is 8.24. The molecule has 1 aliphatic heterocycles. The number of piperidine rings is 1. The summed E-state index contributed by atoms with van der Waals surface area (Å²) in [5.41, 5.74) is 1.23. The minimum absolute atomic E-state index is 0.0424. The zero-order chi connectivity index (χ0) is 21.6. The molecule has 1 saturated heterocycles. The van der Waals surface area contributed by atoms with Gasteiger partial charge in [0.1, 0.15) is 29.4 Å². The number of furan rings is 1. The SMILES string of the molecule is O=C(Cc1csc(COc2ccc(F)cc2)n1)NC1CCN(C(=O)c2ccoc2)CC1. The van der Waals surface area contributed by atoms with Crippen LogP contribution < -0.4 is 10.1 Å². The third-order valence-electron chi connectivity index (χ3n) is 5.03. The summed E-state index contributed by atoms with van der Waals surface area (Å²) in [5, 5.41) is 5.63. The number of benzene rings is 1. The highest BCUT2D eigenvalue weighted by Gasteiger charge is 2.25. The number of amides is 2. The monoisotopic (exact) mass is 443 g/mol. The fraction of sp³-hybridized carbons (Fsp3) is 0.318. The number of thiazole rings is 1. The van der Waals surface area contributed by atoms with Gasteiger partial charge in [0.05, 0.1) is 23.9 Å². The van der Waals surface area contributed by atoms with Gasteiger partial charge in [-0.05, 0) is 43.2 Å². The fourth-order valence-electron chi connectivity index (χ4n) is 3.41. The lowest BCUT2D eigenvalue weighted by Gasteiger charge is -2.32. The van der Waals surface area contributed by atoms with E-state index in [2.05, 4.69) is 10.3 Å². The molecule has 2 amide bonds. The standard InChI is InChI=1S/C22H22FN3O4S/c23-16-1-3-19(4-2-16)30-13-21-25-18(14-31-21)11-20(27)24-17-5-8-26(9-6-17)22(28)15-7-10-29-12-15/h1-4,7,10,12,14,17H,5-6,8-9,11,13H2,(H,24,27). The van der Waals surface area contributed by atoms with E-state index in [0.29, 0.717) is 42.9 Å². The maximum atomic E-state index is 12.9. The van der Waals surface area contributed by atoms with Gasteiger partial charge in [0.2, 0.25) is 5.91 Å². The third kappa shape index (κ3) is 5.69. The van der Waals surface area contributed by atoms with Crippen molar-refractivity contribution in [2.75, 3.05) is 13.1 Å². The molecule has 31 heavy (non-hydrogen) atoms. The van der Waals surface area contributed by atoms with E-state index in [0.717, 1.165) is 5.01 Å². The Bertz CT molecular complexity index is 1010. The number of ether oxygens (including phenoxy) is 1. The number of nitrogens with zero attached hydrogens (tertiary/aromatic N) is 2. The summed E-state index contributed by atoms with van der Waals surface area (Å²) in [6.07, 6.45) is 4.55. The first kappa shape index (κ1) is 21.0. The molecule has 0 aliphatic carbocycles. The molecule has 3 aromatic rings. The number of hydrogen-bond donors (Lipinski definition) is 1. The summed E-state index contributed by atoms with van der Waals surface area (Å²) in [6, 6.07) is 7.50. The van der Waals surface area contributed by atoms with Crippen molar-refractivity contribution in [3.63, 3.8) is 0 Å². The summed E-state index contributed by atoms with van der Waals surface area (Å²) in [6.45, 7) is 1.45. The molecule has 1 fully saturated rings. The van der Waals surface area contributed by atoms with Gasteiger partial charge in [-0.2, -0.15) is 0 Å². The van der Waals surface area contributed by atoms with E-state index in [1.165, 1.54) is 36.0 Å². The average Bonchev–Trinajstić information content (AvgIpc) is 3.46. The number of hydrogen-bond acceptors (Lipinski definition) is 6. The fourth-order valence-corrected chi connectivity index (χ4v) is 4.12. The number of likely N-dealkylation sites (tertiary alicyclic amines) is 1. The Hall–Kier alpha value is -3.20. The number of aromatic nitrogens is 1. The number of carbonyl (C=O) groups excluding carboxylic acids is 2. The van der Waals surface area contributed by atoms with Crippen LogP contribution in [-0.4, -0.2) is 40.8 Å². The number of rotatable bonds is 7. The number of carbonyl (C=O) groups is 2. The number of nitrogens with one attached hydrogen (secondary N) is 1. The van der Waals surface area contributed by atoms with Crippen LogP contribution >= 0.6 is 11.3 Å². The molecule has 1 N–H and O–H groups in total. The molecule has 0 saturated carbocycles. The van der Waals surface area contributed by atoms with Gasteiger partial charge in [0.15, 0.2) is 0 Å². The molecule has 3 heterocycles. The molecule has 4 rings (SSSR count). The van der Waals surface area contributed by atoms with Crippen molar-refractivity contribution in [2.24, 2.45) is 0 Å². The van der Waals surface area contributed by atoms with E-state index in [4.69, 9.17) is 9.15 Å². The van der Waals surface area contributed by atoms with E-state index in [1.807, 2.05) is 5.38 Å². The summed E-state index contributed by atoms with van der Waals surface area (Å²) in [7, 11) is 0. The predicted octanol–water partition coefficient (Wildman–Crippen LogP) is 3.42. The first-order valence-corrected chi connectivity index (χ1v) is 10.9. The molecule has 0 radical (unpaired) electrons. The van der Waals surface area contributed by atoms with Gasteiger partial charge >= 0.3 is 0 Å². The van der Waals surface area contributed by atoms with Crippen LogP contribution in [0, 0.1) is 5.82 Å². The molecule has 1 aliphatic rings. The maximum Gasteiger partial charge on any atom is 0.257 e. The molecule has 0 bridgehead atoms. The molecular formula is C22H22FN3O4S. The molecule has 7 nitrogen and oxygen atoms in total. The maximum absolute atomic E-state index is 12.9. The van der Waals surface area contributed by atoms with Crippen molar-refractivity contribution >= 4 is 23.2 Å². The van der Waals surface area contributed by atoms with Crippen LogP contribution in [0.5, 0.6) is 5.75 Å². The van der Waals surface area contributed by atoms with Crippen molar-refractivity contribution in [3.05, 3.63) is 70.3 Å². The van der Waals surface area contributed by atoms with Gasteiger partial charge in [-0.15, -0.1) is 11.3 Å². The van der Waals surface area contributed by atoms with Crippen molar-refractivity contribution < 1.29 is 23.1 Å². The molecule has 0 unspecified atom stereocenters. The molecule has 1 aromatic carbocycles. The zero-order valence-corrected chi connectivity index (χ0v) is 17.6. The zero-order valence-electron chi connectivity index (χ0n) is 16.8. The Balaban J connectivity index is 1.20. The Morgan fingerprint density at radius 3 is 2.71 bits per heavy atom. The largest absolute Gasteiger partial charge is 0.486 e. The molecule has 2 aromatic heterocycles. The van der Waals surface area contributed by atoms with Crippen LogP contribution in [0.25, 0.3) is 0 Å². The van der Waals surface area contributed by atoms with Crippen LogP contribution in [0.1, 0.15) is 33.9 Å². The van der Waals surface area contributed by atoms with Crippen molar-refractivity contribution in [1.82, 2.24) is 15.2 Å². The Morgan fingerprint density at radius 2 is 2.00 bits per heavy atom. The van der Waals surface area contributed by atoms with Gasteiger partial charge < -0.3 is 19.4 Å². The lowest BCUT2D eigenvalue weighted by Crippen LogP contribution is -2.46. The topological polar surface area (TPSA) is 84.7 Å². The quantitative estimate of drug-likeness (QED) is 0.605. The molecule has 9 heteroatoms. The summed E-state index contributed by atoms with van der Waals surface area (Å²) in [4.78, 5) is 30.9. The predicted molar refractivity (Wildman–Crippen MR) is 112 cm³/mol. The van der Waals surface area contributed by atoms with Crippen LogP contribution in [0.2, 0.25) is 0 Å². The second-order valence-electron chi connectivity index (χ2n) is 7.30. The van der Waals surface area contributed by atoms with E-state index < -0.39 is 0 Å². The lowest BCUT2D eigenvalue weighted by molar-refractivity contribution is -0.121. The summed E-state index contributed by atoms with van der Waals surface area (Å²) in [5.74, 6) is 0.117. The Labute approximate surface area is 182 Å². The Kier molecular flexibility index (Phi) is 6.61. The van der Waals surface area contributed by atoms with E-state index in [9.17, 15) is 14.0 Å². The summed E-state index contributed by atoms with van der Waals surface area (Å²) >= 11 is 1.42. The number of halogens is 1.